The highest BCUT2D eigenvalue weighted by Gasteiger charge is 2.59. The van der Waals surface area contributed by atoms with Crippen LogP contribution < -0.4 is 8.61 Å². The molecule has 3 aliphatic rings. The van der Waals surface area contributed by atoms with Crippen molar-refractivity contribution in [2.24, 2.45) is 17.8 Å². The summed E-state index contributed by atoms with van der Waals surface area (Å²) in [4.78, 5) is 4.53. The summed E-state index contributed by atoms with van der Waals surface area (Å²) in [5.74, 6) is -3.12. The highest BCUT2D eigenvalue weighted by Crippen LogP contribution is 2.59. The molecule has 0 saturated heterocycles. The lowest BCUT2D eigenvalue weighted by Crippen LogP contribution is -2.37. The second kappa shape index (κ2) is 5.07. The molecule has 1 N–H and O–H groups in total. The van der Waals surface area contributed by atoms with Gasteiger partial charge in [0.2, 0.25) is 0 Å². The zero-order valence-corrected chi connectivity index (χ0v) is 16.0. The van der Waals surface area contributed by atoms with Crippen molar-refractivity contribution in [2.45, 2.75) is 44.6 Å². The Morgan fingerprint density at radius 3 is 2.50 bits per heavy atom. The van der Waals surface area contributed by atoms with E-state index in [1.165, 1.54) is 7.05 Å². The number of anilines is 2. The number of fused-ring (bicyclic) bond motifs is 1. The van der Waals surface area contributed by atoms with Crippen molar-refractivity contribution >= 4 is 21.7 Å². The molecular formula is C17H23F2N3O3S. The zero-order chi connectivity index (χ0) is 19.2. The molecule has 1 aromatic rings. The molecule has 144 valence electrons. The first-order valence-electron chi connectivity index (χ1n) is 8.73. The van der Waals surface area contributed by atoms with E-state index in [1.54, 1.807) is 26.0 Å². The molecule has 0 radical (unpaired) electrons. The summed E-state index contributed by atoms with van der Waals surface area (Å²) in [5, 5.41) is 10.3. The summed E-state index contributed by atoms with van der Waals surface area (Å²) in [7, 11) is -2.50. The van der Waals surface area contributed by atoms with Gasteiger partial charge in [-0.2, -0.15) is 8.42 Å². The molecule has 0 aromatic carbocycles. The smallest absolute Gasteiger partial charge is 0.327 e. The van der Waals surface area contributed by atoms with Crippen molar-refractivity contribution in [3.8, 4) is 0 Å². The van der Waals surface area contributed by atoms with E-state index in [0.29, 0.717) is 5.69 Å². The number of aromatic nitrogens is 1. The number of halogens is 2. The third-order valence-electron chi connectivity index (χ3n) is 5.95. The summed E-state index contributed by atoms with van der Waals surface area (Å²) in [5.41, 5.74) is 0.225. The van der Waals surface area contributed by atoms with Gasteiger partial charge >= 0.3 is 10.2 Å². The molecule has 2 fully saturated rings. The van der Waals surface area contributed by atoms with Gasteiger partial charge in [0.25, 0.3) is 5.92 Å². The number of aliphatic hydroxyl groups is 1. The lowest BCUT2D eigenvalue weighted by atomic mass is 10.00. The minimum absolute atomic E-state index is 0.0534. The Morgan fingerprint density at radius 1 is 1.38 bits per heavy atom. The van der Waals surface area contributed by atoms with Crippen LogP contribution in [0.2, 0.25) is 0 Å². The molecule has 1 aromatic heterocycles. The molecule has 0 amide bonds. The third-order valence-corrected chi connectivity index (χ3v) is 7.71. The molecule has 2 heterocycles. The van der Waals surface area contributed by atoms with E-state index in [-0.39, 0.29) is 36.5 Å². The normalized spacial score (nSPS) is 34.0. The van der Waals surface area contributed by atoms with Gasteiger partial charge in [-0.3, -0.25) is 0 Å². The molecule has 26 heavy (non-hydrogen) atoms. The number of hydrogen-bond acceptors (Lipinski definition) is 4. The van der Waals surface area contributed by atoms with E-state index < -0.39 is 27.7 Å². The summed E-state index contributed by atoms with van der Waals surface area (Å²) in [6.45, 7) is 5.31. The Hall–Kier alpha value is -1.48. The summed E-state index contributed by atoms with van der Waals surface area (Å²) >= 11 is 0. The monoisotopic (exact) mass is 387 g/mol. The van der Waals surface area contributed by atoms with Crippen LogP contribution in [-0.4, -0.2) is 43.6 Å². The fourth-order valence-corrected chi connectivity index (χ4v) is 5.72. The predicted molar refractivity (Wildman–Crippen MR) is 93.7 cm³/mol. The first-order valence-corrected chi connectivity index (χ1v) is 10.1. The van der Waals surface area contributed by atoms with Crippen LogP contribution in [0.3, 0.4) is 0 Å². The van der Waals surface area contributed by atoms with Crippen molar-refractivity contribution in [2.75, 3.05) is 22.2 Å². The van der Waals surface area contributed by atoms with Gasteiger partial charge in [0.1, 0.15) is 0 Å². The standard InChI is InChI=1S/C17H23F2N3O3S/c1-9-13(14(9)16(2,3)23)11-5-6-12-15(20-11)21(4)26(24,25)22(12)8-10-7-17(10,18)19/h5-6,9-10,13-14,23H,7-8H2,1-4H3. The van der Waals surface area contributed by atoms with E-state index in [2.05, 4.69) is 4.98 Å². The second-order valence-electron chi connectivity index (χ2n) is 8.31. The second-order valence-corrected chi connectivity index (χ2v) is 10.2. The van der Waals surface area contributed by atoms with Crippen LogP contribution in [0.5, 0.6) is 0 Å². The molecule has 2 aliphatic carbocycles. The SMILES string of the molecule is CC1C(c2ccc3c(n2)N(C)S(=O)(=O)N3CC2CC2(F)F)C1C(C)(C)O. The summed E-state index contributed by atoms with van der Waals surface area (Å²) in [6.07, 6.45) is -0.281. The number of hydrogen-bond donors (Lipinski definition) is 1. The van der Waals surface area contributed by atoms with Crippen LogP contribution in [0.4, 0.5) is 20.3 Å². The highest BCUT2D eigenvalue weighted by atomic mass is 32.2. The van der Waals surface area contributed by atoms with Crippen molar-refractivity contribution < 1.29 is 22.3 Å². The summed E-state index contributed by atoms with van der Waals surface area (Å²) in [6, 6.07) is 3.39. The Bertz CT molecular complexity index is 868. The van der Waals surface area contributed by atoms with E-state index in [1.807, 2.05) is 6.92 Å². The molecule has 6 nitrogen and oxygen atoms in total. The van der Waals surface area contributed by atoms with Gasteiger partial charge in [0, 0.05) is 37.5 Å². The van der Waals surface area contributed by atoms with Crippen LogP contribution in [0.25, 0.3) is 0 Å². The summed E-state index contributed by atoms with van der Waals surface area (Å²) < 4.78 is 53.9. The van der Waals surface area contributed by atoms with Crippen molar-refractivity contribution in [3.63, 3.8) is 0 Å². The lowest BCUT2D eigenvalue weighted by molar-refractivity contribution is 0.0501. The van der Waals surface area contributed by atoms with Gasteiger partial charge in [-0.1, -0.05) is 6.92 Å². The molecular weight excluding hydrogens is 364 g/mol. The Labute approximate surface area is 152 Å². The minimum Gasteiger partial charge on any atom is -0.390 e. The maximum Gasteiger partial charge on any atom is 0.327 e. The van der Waals surface area contributed by atoms with E-state index in [0.717, 1.165) is 14.3 Å². The van der Waals surface area contributed by atoms with Crippen molar-refractivity contribution in [1.82, 2.24) is 4.98 Å². The topological polar surface area (TPSA) is 73.7 Å². The average Bonchev–Trinajstić information content (AvgIpc) is 3.35. The zero-order valence-electron chi connectivity index (χ0n) is 15.1. The largest absolute Gasteiger partial charge is 0.390 e. The quantitative estimate of drug-likeness (QED) is 0.861. The van der Waals surface area contributed by atoms with Gasteiger partial charge in [-0.25, -0.2) is 22.4 Å². The van der Waals surface area contributed by atoms with Gasteiger partial charge in [0.05, 0.1) is 11.3 Å². The molecule has 9 heteroatoms. The van der Waals surface area contributed by atoms with Gasteiger partial charge in [-0.05, 0) is 37.8 Å². The van der Waals surface area contributed by atoms with Crippen LogP contribution in [0.1, 0.15) is 38.8 Å². The fourth-order valence-electron chi connectivity index (χ4n) is 4.31. The number of nitrogens with zero attached hydrogens (tertiary/aromatic N) is 3. The first-order chi connectivity index (χ1) is 11.9. The molecule has 1 aliphatic heterocycles. The molecule has 0 bridgehead atoms. The van der Waals surface area contributed by atoms with E-state index in [4.69, 9.17) is 0 Å². The first kappa shape index (κ1) is 17.9. The minimum atomic E-state index is -3.89. The van der Waals surface area contributed by atoms with Crippen LogP contribution in [0.15, 0.2) is 12.1 Å². The molecule has 4 unspecified atom stereocenters. The number of pyridine rings is 1. The molecule has 2 saturated carbocycles. The Balaban J connectivity index is 1.66. The average molecular weight is 387 g/mol. The Morgan fingerprint density at radius 2 is 2.00 bits per heavy atom. The fraction of sp³-hybridized carbons (Fsp3) is 0.706. The highest BCUT2D eigenvalue weighted by molar-refractivity contribution is 7.94. The van der Waals surface area contributed by atoms with Gasteiger partial charge < -0.3 is 5.11 Å². The molecule has 4 rings (SSSR count). The van der Waals surface area contributed by atoms with Gasteiger partial charge in [-0.15, -0.1) is 0 Å². The van der Waals surface area contributed by atoms with Gasteiger partial charge in [0.15, 0.2) is 5.82 Å². The lowest BCUT2D eigenvalue weighted by Gasteiger charge is -2.18. The van der Waals surface area contributed by atoms with E-state index >= 15 is 0 Å². The van der Waals surface area contributed by atoms with Crippen LogP contribution >= 0.6 is 0 Å². The third kappa shape index (κ3) is 2.51. The maximum absolute atomic E-state index is 13.3. The van der Waals surface area contributed by atoms with Crippen molar-refractivity contribution in [3.05, 3.63) is 17.8 Å². The van der Waals surface area contributed by atoms with E-state index in [9.17, 15) is 22.3 Å². The molecule has 4 atom stereocenters. The molecule has 0 spiro atoms. The van der Waals surface area contributed by atoms with Crippen molar-refractivity contribution in [1.29, 1.82) is 0 Å². The van der Waals surface area contributed by atoms with Crippen LogP contribution in [0, 0.1) is 17.8 Å². The number of alkyl halides is 2. The van der Waals surface area contributed by atoms with Crippen LogP contribution in [-0.2, 0) is 10.2 Å². The Kier molecular flexibility index (Phi) is 3.49. The predicted octanol–water partition coefficient (Wildman–Crippen LogP) is 2.36. The number of rotatable bonds is 4. The maximum atomic E-state index is 13.3.